The lowest BCUT2D eigenvalue weighted by Crippen LogP contribution is -2.42. The number of nitrogens with zero attached hydrogens (tertiary/aromatic N) is 2. The molecule has 3 aromatic rings. The van der Waals surface area contributed by atoms with E-state index in [0.29, 0.717) is 11.4 Å². The molecule has 0 spiro atoms. The lowest BCUT2D eigenvalue weighted by atomic mass is 9.90. The molecule has 1 atom stereocenters. The van der Waals surface area contributed by atoms with Crippen molar-refractivity contribution in [1.29, 1.82) is 0 Å². The maximum absolute atomic E-state index is 13.1. The van der Waals surface area contributed by atoms with Gasteiger partial charge in [-0.1, -0.05) is 42.5 Å². The highest BCUT2D eigenvalue weighted by molar-refractivity contribution is 6.10. The lowest BCUT2D eigenvalue weighted by molar-refractivity contribution is -0.133. The van der Waals surface area contributed by atoms with Gasteiger partial charge in [-0.2, -0.15) is 0 Å². The Labute approximate surface area is 167 Å². The van der Waals surface area contributed by atoms with Crippen molar-refractivity contribution in [3.63, 3.8) is 0 Å². The normalized spacial score (nSPS) is 18.8. The van der Waals surface area contributed by atoms with Crippen LogP contribution >= 0.6 is 0 Å². The number of benzene rings is 2. The van der Waals surface area contributed by atoms with Crippen LogP contribution in [0, 0.1) is 6.92 Å². The number of amides is 4. The summed E-state index contributed by atoms with van der Waals surface area (Å²) in [4.78, 5) is 42.9. The molecule has 1 fully saturated rings. The highest BCUT2D eigenvalue weighted by Gasteiger charge is 2.49. The maximum Gasteiger partial charge on any atom is 0.325 e. The molecule has 1 unspecified atom stereocenters. The molecule has 4 rings (SSSR count). The van der Waals surface area contributed by atoms with Gasteiger partial charge in [0.2, 0.25) is 5.91 Å². The van der Waals surface area contributed by atoms with Gasteiger partial charge in [-0.25, -0.2) is 9.78 Å². The zero-order valence-electron chi connectivity index (χ0n) is 16.1. The van der Waals surface area contributed by atoms with Gasteiger partial charge in [-0.15, -0.1) is 0 Å². The summed E-state index contributed by atoms with van der Waals surface area (Å²) in [6.07, 6.45) is 1.63. The molecule has 2 aromatic carbocycles. The van der Waals surface area contributed by atoms with Gasteiger partial charge in [0.1, 0.15) is 17.9 Å². The predicted molar refractivity (Wildman–Crippen MR) is 109 cm³/mol. The predicted octanol–water partition coefficient (Wildman–Crippen LogP) is 2.95. The number of pyridine rings is 1. The first kappa shape index (κ1) is 18.6. The van der Waals surface area contributed by atoms with Gasteiger partial charge < -0.3 is 10.6 Å². The molecule has 1 aliphatic rings. The molecule has 0 radical (unpaired) electrons. The van der Waals surface area contributed by atoms with Gasteiger partial charge in [0.05, 0.1) is 0 Å². The Kier molecular flexibility index (Phi) is 4.50. The van der Waals surface area contributed by atoms with E-state index in [-0.39, 0.29) is 6.54 Å². The van der Waals surface area contributed by atoms with Crippen molar-refractivity contribution < 1.29 is 14.4 Å². The molecule has 0 saturated carbocycles. The Bertz CT molecular complexity index is 1130. The van der Waals surface area contributed by atoms with E-state index >= 15 is 0 Å². The van der Waals surface area contributed by atoms with Crippen LogP contribution < -0.4 is 10.6 Å². The second-order valence-corrected chi connectivity index (χ2v) is 7.28. The highest BCUT2D eigenvalue weighted by atomic mass is 16.2. The van der Waals surface area contributed by atoms with Gasteiger partial charge >= 0.3 is 6.03 Å². The fourth-order valence-electron chi connectivity index (χ4n) is 3.40. The fourth-order valence-corrected chi connectivity index (χ4v) is 3.40. The van der Waals surface area contributed by atoms with Gasteiger partial charge in [-0.3, -0.25) is 14.5 Å². The smallest absolute Gasteiger partial charge is 0.319 e. The summed E-state index contributed by atoms with van der Waals surface area (Å²) >= 11 is 0. The molecule has 1 aromatic heterocycles. The van der Waals surface area contributed by atoms with Crippen molar-refractivity contribution in [2.24, 2.45) is 0 Å². The summed E-state index contributed by atoms with van der Waals surface area (Å²) < 4.78 is 0. The minimum absolute atomic E-state index is 0.366. The number of carbonyl (C=O) groups is 3. The Morgan fingerprint density at radius 2 is 1.86 bits per heavy atom. The van der Waals surface area contributed by atoms with E-state index in [0.717, 1.165) is 21.2 Å². The SMILES string of the molecule is Cc1ccc(NC(=O)CN2C(=O)NC(C)(c3ccc4ccccc4c3)C2=O)nc1. The third kappa shape index (κ3) is 3.42. The average Bonchev–Trinajstić information content (AvgIpc) is 2.93. The second kappa shape index (κ2) is 7.01. The molecule has 0 aliphatic carbocycles. The minimum Gasteiger partial charge on any atom is -0.319 e. The van der Waals surface area contributed by atoms with E-state index in [1.165, 1.54) is 0 Å². The zero-order chi connectivity index (χ0) is 20.6. The van der Waals surface area contributed by atoms with E-state index in [4.69, 9.17) is 0 Å². The molecule has 1 aliphatic heterocycles. The third-order valence-corrected chi connectivity index (χ3v) is 5.08. The molecule has 1 saturated heterocycles. The van der Waals surface area contributed by atoms with Crippen LogP contribution in [-0.4, -0.2) is 34.3 Å². The molecular weight excluding hydrogens is 368 g/mol. The van der Waals surface area contributed by atoms with E-state index < -0.39 is 23.4 Å². The molecule has 29 heavy (non-hydrogen) atoms. The first-order chi connectivity index (χ1) is 13.9. The van der Waals surface area contributed by atoms with E-state index in [2.05, 4.69) is 15.6 Å². The average molecular weight is 388 g/mol. The van der Waals surface area contributed by atoms with E-state index in [1.807, 2.05) is 55.5 Å². The van der Waals surface area contributed by atoms with Crippen LogP contribution in [0.1, 0.15) is 18.1 Å². The van der Waals surface area contributed by atoms with Crippen molar-refractivity contribution in [1.82, 2.24) is 15.2 Å². The number of aromatic nitrogens is 1. The number of hydrogen-bond donors (Lipinski definition) is 2. The molecule has 7 nitrogen and oxygen atoms in total. The van der Waals surface area contributed by atoms with Crippen LogP contribution in [0.2, 0.25) is 0 Å². The highest BCUT2D eigenvalue weighted by Crippen LogP contribution is 2.31. The largest absolute Gasteiger partial charge is 0.325 e. The Morgan fingerprint density at radius 3 is 2.59 bits per heavy atom. The summed E-state index contributed by atoms with van der Waals surface area (Å²) in [5, 5.41) is 7.34. The molecular formula is C22H20N4O3. The fraction of sp³-hybridized carbons (Fsp3) is 0.182. The van der Waals surface area contributed by atoms with Gasteiger partial charge in [-0.05, 0) is 47.9 Å². The number of hydrogen-bond acceptors (Lipinski definition) is 4. The van der Waals surface area contributed by atoms with Crippen molar-refractivity contribution in [3.8, 4) is 0 Å². The third-order valence-electron chi connectivity index (χ3n) is 5.08. The number of anilines is 1. The number of imide groups is 1. The summed E-state index contributed by atoms with van der Waals surface area (Å²) in [6, 6.07) is 16.3. The van der Waals surface area contributed by atoms with Crippen LogP contribution in [0.25, 0.3) is 10.8 Å². The van der Waals surface area contributed by atoms with E-state index in [1.54, 1.807) is 19.2 Å². The van der Waals surface area contributed by atoms with Crippen LogP contribution in [0.4, 0.5) is 10.6 Å². The number of rotatable bonds is 4. The number of fused-ring (bicyclic) bond motifs is 1. The summed E-state index contributed by atoms with van der Waals surface area (Å²) in [5.74, 6) is -0.595. The quantitative estimate of drug-likeness (QED) is 0.672. The lowest BCUT2D eigenvalue weighted by Gasteiger charge is -2.22. The van der Waals surface area contributed by atoms with Crippen molar-refractivity contribution >= 4 is 34.4 Å². The van der Waals surface area contributed by atoms with Crippen molar-refractivity contribution in [2.75, 3.05) is 11.9 Å². The number of urea groups is 1. The molecule has 2 N–H and O–H groups in total. The van der Waals surface area contributed by atoms with Gasteiger partial charge in [0.25, 0.3) is 5.91 Å². The summed E-state index contributed by atoms with van der Waals surface area (Å²) in [7, 11) is 0. The van der Waals surface area contributed by atoms with Crippen LogP contribution in [0.5, 0.6) is 0 Å². The number of aryl methyl sites for hydroxylation is 1. The first-order valence-corrected chi connectivity index (χ1v) is 9.23. The minimum atomic E-state index is -1.23. The Hall–Kier alpha value is -3.74. The Balaban J connectivity index is 1.54. The summed E-state index contributed by atoms with van der Waals surface area (Å²) in [6.45, 7) is 3.15. The zero-order valence-corrected chi connectivity index (χ0v) is 16.1. The van der Waals surface area contributed by atoms with Gasteiger partial charge in [0, 0.05) is 6.20 Å². The number of carbonyl (C=O) groups excluding carboxylic acids is 3. The molecule has 0 bridgehead atoms. The standard InChI is InChI=1S/C22H20N4O3/c1-14-7-10-18(23-12-14)24-19(27)13-26-20(28)22(2,25-21(26)29)17-9-8-15-5-3-4-6-16(15)11-17/h3-12H,13H2,1-2H3,(H,25,29)(H,23,24,27). The van der Waals surface area contributed by atoms with Crippen LogP contribution in [-0.2, 0) is 15.1 Å². The van der Waals surface area contributed by atoms with E-state index in [9.17, 15) is 14.4 Å². The molecule has 2 heterocycles. The molecule has 4 amide bonds. The topological polar surface area (TPSA) is 91.4 Å². The number of nitrogens with one attached hydrogen (secondary N) is 2. The first-order valence-electron chi connectivity index (χ1n) is 9.23. The Morgan fingerprint density at radius 1 is 1.10 bits per heavy atom. The summed E-state index contributed by atoms with van der Waals surface area (Å²) in [5.41, 5.74) is 0.393. The second-order valence-electron chi connectivity index (χ2n) is 7.28. The van der Waals surface area contributed by atoms with Crippen LogP contribution in [0.15, 0.2) is 60.8 Å². The van der Waals surface area contributed by atoms with Crippen molar-refractivity contribution in [2.45, 2.75) is 19.4 Å². The van der Waals surface area contributed by atoms with Crippen LogP contribution in [0.3, 0.4) is 0 Å². The maximum atomic E-state index is 13.1. The molecule has 146 valence electrons. The van der Waals surface area contributed by atoms with Crippen molar-refractivity contribution in [3.05, 3.63) is 71.9 Å². The molecule has 7 heteroatoms. The monoisotopic (exact) mass is 388 g/mol. The van der Waals surface area contributed by atoms with Gasteiger partial charge in [0.15, 0.2) is 0 Å².